The minimum absolute atomic E-state index is 0.0914. The summed E-state index contributed by atoms with van der Waals surface area (Å²) in [7, 11) is 0. The van der Waals surface area contributed by atoms with E-state index in [1.165, 1.54) is 83.4 Å². The van der Waals surface area contributed by atoms with Crippen LogP contribution in [-0.4, -0.2) is 11.5 Å². The van der Waals surface area contributed by atoms with Crippen molar-refractivity contribution in [2.24, 2.45) is 0 Å². The molecule has 52 heavy (non-hydrogen) atoms. The third kappa shape index (κ3) is 4.21. The van der Waals surface area contributed by atoms with Crippen LogP contribution in [0.5, 0.6) is 0 Å². The molecule has 0 N–H and O–H groups in total. The molecule has 2 aliphatic rings. The van der Waals surface area contributed by atoms with E-state index in [9.17, 15) is 0 Å². The van der Waals surface area contributed by atoms with E-state index in [0.717, 1.165) is 5.69 Å². The Morgan fingerprint density at radius 1 is 0.327 bits per heavy atom. The fraction of sp³-hybridized carbons (Fsp3) is 0. The predicted octanol–water partition coefficient (Wildman–Crippen LogP) is 11.8. The number of aromatic nitrogens is 1. The van der Waals surface area contributed by atoms with Gasteiger partial charge in [-0.1, -0.05) is 121 Å². The van der Waals surface area contributed by atoms with Crippen LogP contribution < -0.4 is 15.1 Å². The van der Waals surface area contributed by atoms with Gasteiger partial charge >= 0.3 is 6.98 Å². The van der Waals surface area contributed by atoms with Crippen molar-refractivity contribution in [1.29, 1.82) is 0 Å². The summed E-state index contributed by atoms with van der Waals surface area (Å²) in [6.07, 6.45) is 0. The van der Waals surface area contributed by atoms with Gasteiger partial charge in [-0.05, 0) is 101 Å². The fourth-order valence-electron chi connectivity index (χ4n) is 8.75. The highest BCUT2D eigenvalue weighted by Gasteiger charge is 2.46. The number of hydrogen-bond donors (Lipinski definition) is 0. The molecular weight excluding hydrogens is 629 g/mol. The van der Waals surface area contributed by atoms with Gasteiger partial charge in [-0.3, -0.25) is 0 Å². The second-order valence-corrected chi connectivity index (χ2v) is 13.7. The van der Waals surface area contributed by atoms with Crippen LogP contribution >= 0.6 is 0 Å². The van der Waals surface area contributed by atoms with E-state index in [0.29, 0.717) is 0 Å². The molecule has 0 saturated carbocycles. The minimum atomic E-state index is -0.0914. The lowest BCUT2D eigenvalue weighted by atomic mass is 9.53. The first-order valence-corrected chi connectivity index (χ1v) is 18.0. The van der Waals surface area contributed by atoms with Crippen LogP contribution in [0.15, 0.2) is 194 Å². The number of anilines is 4. The Balaban J connectivity index is 1.14. The molecule has 11 rings (SSSR count). The normalized spacial score (nSPS) is 12.9. The Morgan fingerprint density at radius 3 is 1.29 bits per heavy atom. The van der Waals surface area contributed by atoms with Crippen molar-refractivity contribution in [2.75, 3.05) is 9.62 Å². The third-order valence-electron chi connectivity index (χ3n) is 10.9. The molecule has 9 aromatic rings. The maximum atomic E-state index is 2.53. The molecule has 0 fully saturated rings. The van der Waals surface area contributed by atoms with Crippen LogP contribution in [0.2, 0.25) is 0 Å². The van der Waals surface area contributed by atoms with E-state index in [-0.39, 0.29) is 6.98 Å². The second kappa shape index (κ2) is 11.4. The largest absolute Gasteiger partial charge is 0.421 e. The van der Waals surface area contributed by atoms with Crippen LogP contribution in [0.4, 0.5) is 22.7 Å². The molecule has 1 aromatic heterocycles. The van der Waals surface area contributed by atoms with Crippen molar-refractivity contribution in [3.05, 3.63) is 194 Å². The summed E-state index contributed by atoms with van der Waals surface area (Å²) in [6.45, 7) is -0.0914. The van der Waals surface area contributed by atoms with E-state index in [1.54, 1.807) is 0 Å². The van der Waals surface area contributed by atoms with E-state index >= 15 is 0 Å². The van der Waals surface area contributed by atoms with Crippen LogP contribution in [0.25, 0.3) is 60.9 Å². The number of nitrogens with zero attached hydrogens (tertiary/aromatic N) is 3. The van der Waals surface area contributed by atoms with Crippen molar-refractivity contribution >= 4 is 57.0 Å². The van der Waals surface area contributed by atoms with E-state index in [4.69, 9.17) is 0 Å². The molecular formula is C48H32BN3. The van der Waals surface area contributed by atoms with Crippen LogP contribution in [0.3, 0.4) is 0 Å². The molecule has 2 aliphatic heterocycles. The van der Waals surface area contributed by atoms with Crippen LogP contribution in [0, 0.1) is 0 Å². The smallest absolute Gasteiger partial charge is 0.361 e. The average Bonchev–Trinajstić information content (AvgIpc) is 3.56. The molecule has 8 aromatic carbocycles. The Morgan fingerprint density at radius 2 is 0.769 bits per heavy atom. The third-order valence-corrected chi connectivity index (χ3v) is 10.9. The SMILES string of the molecule is c1ccc(N2B3c4c(cc(-c5ccc(-n6c7ccccc7c7ccccc76)cc5)cc4-c4ccccc4N3c3ccccc3)-c3ccccc32)cc1. The van der Waals surface area contributed by atoms with Crippen molar-refractivity contribution in [3.63, 3.8) is 0 Å². The van der Waals surface area contributed by atoms with E-state index in [1.807, 2.05) is 0 Å². The number of benzene rings is 8. The molecule has 0 amide bonds. The summed E-state index contributed by atoms with van der Waals surface area (Å²) in [5, 5.41) is 2.55. The monoisotopic (exact) mass is 661 g/mol. The van der Waals surface area contributed by atoms with Gasteiger partial charge in [-0.15, -0.1) is 0 Å². The molecule has 0 atom stereocenters. The van der Waals surface area contributed by atoms with Crippen molar-refractivity contribution in [3.8, 4) is 39.1 Å². The van der Waals surface area contributed by atoms with E-state index < -0.39 is 0 Å². The highest BCUT2D eigenvalue weighted by Crippen LogP contribution is 2.50. The number of rotatable bonds is 4. The zero-order valence-electron chi connectivity index (χ0n) is 28.4. The molecule has 0 unspecified atom stereocenters. The summed E-state index contributed by atoms with van der Waals surface area (Å²) in [6, 6.07) is 70.9. The van der Waals surface area contributed by atoms with Gasteiger partial charge in [0.15, 0.2) is 0 Å². The van der Waals surface area contributed by atoms with Gasteiger partial charge in [0.1, 0.15) is 0 Å². The lowest BCUT2D eigenvalue weighted by molar-refractivity contribution is 1.18. The van der Waals surface area contributed by atoms with Gasteiger partial charge in [0.05, 0.1) is 11.0 Å². The lowest BCUT2D eigenvalue weighted by Gasteiger charge is -2.47. The Bertz CT molecular complexity index is 2640. The molecule has 0 aliphatic carbocycles. The van der Waals surface area contributed by atoms with Gasteiger partial charge in [0.25, 0.3) is 0 Å². The van der Waals surface area contributed by atoms with E-state index in [2.05, 4.69) is 208 Å². The summed E-state index contributed by atoms with van der Waals surface area (Å²) in [4.78, 5) is 5.06. The first kappa shape index (κ1) is 29.0. The summed E-state index contributed by atoms with van der Waals surface area (Å²) in [5.74, 6) is 0. The van der Waals surface area contributed by atoms with Gasteiger partial charge in [-0.25, -0.2) is 0 Å². The molecule has 3 nitrogen and oxygen atoms in total. The minimum Gasteiger partial charge on any atom is -0.361 e. The summed E-state index contributed by atoms with van der Waals surface area (Å²) < 4.78 is 2.39. The molecule has 4 heteroatoms. The quantitative estimate of drug-likeness (QED) is 0.174. The topological polar surface area (TPSA) is 11.4 Å². The highest BCUT2D eigenvalue weighted by atomic mass is 15.2. The van der Waals surface area contributed by atoms with Crippen LogP contribution in [0.1, 0.15) is 0 Å². The zero-order valence-corrected chi connectivity index (χ0v) is 28.4. The van der Waals surface area contributed by atoms with Gasteiger partial charge < -0.3 is 14.2 Å². The number of para-hydroxylation sites is 6. The molecule has 242 valence electrons. The van der Waals surface area contributed by atoms with Crippen molar-refractivity contribution in [1.82, 2.24) is 4.57 Å². The molecule has 0 spiro atoms. The Kier molecular flexibility index (Phi) is 6.35. The zero-order chi connectivity index (χ0) is 34.2. The van der Waals surface area contributed by atoms with Crippen molar-refractivity contribution < 1.29 is 0 Å². The van der Waals surface area contributed by atoms with Gasteiger partial charge in [0, 0.05) is 50.3 Å². The Hall–Kier alpha value is -6.78. The summed E-state index contributed by atoms with van der Waals surface area (Å²) in [5.41, 5.74) is 17.1. The summed E-state index contributed by atoms with van der Waals surface area (Å²) >= 11 is 0. The second-order valence-electron chi connectivity index (χ2n) is 13.7. The highest BCUT2D eigenvalue weighted by molar-refractivity contribution is 6.86. The van der Waals surface area contributed by atoms with Crippen molar-refractivity contribution in [2.45, 2.75) is 0 Å². The maximum Gasteiger partial charge on any atom is 0.421 e. The first-order valence-electron chi connectivity index (χ1n) is 18.0. The number of hydrogen-bond acceptors (Lipinski definition) is 2. The first-order chi connectivity index (χ1) is 25.8. The molecule has 0 bridgehead atoms. The fourth-order valence-corrected chi connectivity index (χ4v) is 8.75. The lowest BCUT2D eigenvalue weighted by Crippen LogP contribution is -2.61. The maximum absolute atomic E-state index is 2.53. The standard InChI is InChI=1S/C48H32BN3/c1-3-15-36(16-4-1)51-46-25-13-9-21-40(46)42-31-34(32-43-41-22-10-14-26-47(41)52(49(51)48(42)43)37-17-5-2-6-18-37)33-27-29-35(30-28-33)50-44-23-11-7-19-38(44)39-20-8-12-24-45(39)50/h1-32H. The van der Waals surface area contributed by atoms with Gasteiger partial charge in [-0.2, -0.15) is 0 Å². The molecule has 0 saturated heterocycles. The molecule has 3 heterocycles. The number of fused-ring (bicyclic) bond motifs is 7. The molecule has 0 radical (unpaired) electrons. The van der Waals surface area contributed by atoms with Gasteiger partial charge in [0.2, 0.25) is 0 Å². The predicted molar refractivity (Wildman–Crippen MR) is 220 cm³/mol. The average molecular weight is 662 g/mol. The Labute approximate surface area is 303 Å². The van der Waals surface area contributed by atoms with Crippen LogP contribution in [-0.2, 0) is 0 Å².